The molecule has 8 nitrogen and oxygen atoms in total. The molecule has 0 unspecified atom stereocenters. The van der Waals surface area contributed by atoms with E-state index in [1.54, 1.807) is 44.6 Å². The average molecular weight is 439 g/mol. The summed E-state index contributed by atoms with van der Waals surface area (Å²) in [6, 6.07) is 7.02. The summed E-state index contributed by atoms with van der Waals surface area (Å²) >= 11 is 0. The third kappa shape index (κ3) is 3.47. The number of halogens is 2. The Morgan fingerprint density at radius 2 is 2.09 bits per heavy atom. The first-order valence-corrected chi connectivity index (χ1v) is 9.99. The Hall–Kier alpha value is -3.82. The van der Waals surface area contributed by atoms with Gasteiger partial charge in [-0.3, -0.25) is 9.78 Å². The second kappa shape index (κ2) is 7.70. The van der Waals surface area contributed by atoms with Crippen molar-refractivity contribution < 1.29 is 22.7 Å². The number of nitrogens with zero attached hydrogens (tertiary/aromatic N) is 3. The summed E-state index contributed by atoms with van der Waals surface area (Å²) in [6.07, 6.45) is 0.783. The SMILES string of the molecule is CNc1ncc(-c2nc3cc(OC)ccc3o2)c2cc(NC(=O)[C@@H]3C[C@@H]3C(F)F)cnc12. The van der Waals surface area contributed by atoms with Crippen LogP contribution in [0.5, 0.6) is 5.75 Å². The Balaban J connectivity index is 1.55. The molecule has 1 fully saturated rings. The zero-order valence-electron chi connectivity index (χ0n) is 17.2. The van der Waals surface area contributed by atoms with E-state index in [4.69, 9.17) is 9.15 Å². The summed E-state index contributed by atoms with van der Waals surface area (Å²) in [4.78, 5) is 25.7. The number of benzene rings is 1. The van der Waals surface area contributed by atoms with E-state index in [-0.39, 0.29) is 6.42 Å². The molecule has 0 aliphatic heterocycles. The van der Waals surface area contributed by atoms with Gasteiger partial charge in [0.1, 0.15) is 16.8 Å². The van der Waals surface area contributed by atoms with Crippen LogP contribution in [0.2, 0.25) is 0 Å². The van der Waals surface area contributed by atoms with Crippen molar-refractivity contribution in [1.29, 1.82) is 0 Å². The summed E-state index contributed by atoms with van der Waals surface area (Å²) in [5, 5.41) is 6.32. The van der Waals surface area contributed by atoms with Crippen LogP contribution in [-0.4, -0.2) is 41.4 Å². The fraction of sp³-hybridized carbons (Fsp3) is 0.273. The zero-order valence-corrected chi connectivity index (χ0v) is 17.2. The molecule has 1 saturated carbocycles. The molecule has 0 saturated heterocycles. The molecule has 2 N–H and O–H groups in total. The number of anilines is 2. The molecule has 2 atom stereocenters. The number of methoxy groups -OCH3 is 1. The fourth-order valence-corrected chi connectivity index (χ4v) is 3.72. The van der Waals surface area contributed by atoms with Gasteiger partial charge in [-0.25, -0.2) is 18.7 Å². The average Bonchev–Trinajstić information content (AvgIpc) is 3.51. The van der Waals surface area contributed by atoms with Crippen molar-refractivity contribution >= 4 is 39.4 Å². The summed E-state index contributed by atoms with van der Waals surface area (Å²) < 4.78 is 36.8. The maximum atomic E-state index is 12.8. The lowest BCUT2D eigenvalue weighted by molar-refractivity contribution is -0.118. The first kappa shape index (κ1) is 20.1. The molecule has 32 heavy (non-hydrogen) atoms. The van der Waals surface area contributed by atoms with Gasteiger partial charge in [0.2, 0.25) is 18.2 Å². The van der Waals surface area contributed by atoms with Crippen LogP contribution in [0.25, 0.3) is 33.5 Å². The number of hydrogen-bond acceptors (Lipinski definition) is 7. The maximum absolute atomic E-state index is 12.8. The van der Waals surface area contributed by atoms with Gasteiger partial charge in [-0.2, -0.15) is 0 Å². The number of fused-ring (bicyclic) bond motifs is 2. The van der Waals surface area contributed by atoms with E-state index >= 15 is 0 Å². The van der Waals surface area contributed by atoms with Crippen LogP contribution < -0.4 is 15.4 Å². The second-order valence-electron chi connectivity index (χ2n) is 7.57. The molecule has 4 aromatic rings. The van der Waals surface area contributed by atoms with Crippen molar-refractivity contribution in [2.45, 2.75) is 12.8 Å². The second-order valence-corrected chi connectivity index (χ2v) is 7.57. The first-order chi connectivity index (χ1) is 15.5. The van der Waals surface area contributed by atoms with Crippen LogP contribution in [0, 0.1) is 11.8 Å². The van der Waals surface area contributed by atoms with E-state index in [9.17, 15) is 13.6 Å². The largest absolute Gasteiger partial charge is 0.497 e. The molecule has 3 heterocycles. The van der Waals surface area contributed by atoms with E-state index in [2.05, 4.69) is 25.6 Å². The molecule has 0 spiro atoms. The number of nitrogens with one attached hydrogen (secondary N) is 2. The maximum Gasteiger partial charge on any atom is 0.242 e. The zero-order chi connectivity index (χ0) is 22.4. The number of amides is 1. The van der Waals surface area contributed by atoms with Gasteiger partial charge in [0.05, 0.1) is 24.6 Å². The number of carbonyl (C=O) groups excluding carboxylic acids is 1. The molecule has 1 aromatic carbocycles. The highest BCUT2D eigenvalue weighted by atomic mass is 19.3. The minimum absolute atomic E-state index is 0.190. The predicted octanol–water partition coefficient (Wildman–Crippen LogP) is 4.33. The molecule has 5 rings (SSSR count). The standard InChI is InChI=1S/C22H19F2N5O3/c1-25-20-18-12(5-10(8-26-18)28-21(30)14-7-13(14)19(23)24)15(9-27-20)22-29-16-6-11(31-2)3-4-17(16)32-22/h3-6,8-9,13-14,19H,7H2,1-2H3,(H,25,27)(H,28,30)/t13-,14+/m0/s1. The van der Waals surface area contributed by atoms with Gasteiger partial charge in [-0.15, -0.1) is 0 Å². The minimum atomic E-state index is -2.49. The molecule has 0 bridgehead atoms. The van der Waals surface area contributed by atoms with Gasteiger partial charge in [-0.1, -0.05) is 0 Å². The molecule has 3 aromatic heterocycles. The number of oxazole rings is 1. The molecular weight excluding hydrogens is 420 g/mol. The van der Waals surface area contributed by atoms with Crippen molar-refractivity contribution in [2.24, 2.45) is 11.8 Å². The Labute approximate surface area is 181 Å². The van der Waals surface area contributed by atoms with Crippen molar-refractivity contribution in [3.05, 3.63) is 36.7 Å². The number of rotatable bonds is 6. The number of pyridine rings is 2. The van der Waals surface area contributed by atoms with E-state index in [0.717, 1.165) is 0 Å². The van der Waals surface area contributed by atoms with Crippen LogP contribution in [0.1, 0.15) is 6.42 Å². The van der Waals surface area contributed by atoms with Gasteiger partial charge in [0.25, 0.3) is 0 Å². The van der Waals surface area contributed by atoms with Gasteiger partial charge in [-0.05, 0) is 24.6 Å². The lowest BCUT2D eigenvalue weighted by Gasteiger charge is -2.10. The number of ether oxygens (including phenoxy) is 1. The van der Waals surface area contributed by atoms with Gasteiger partial charge in [0, 0.05) is 36.5 Å². The van der Waals surface area contributed by atoms with Gasteiger partial charge >= 0.3 is 0 Å². The summed E-state index contributed by atoms with van der Waals surface area (Å²) in [6.45, 7) is 0. The summed E-state index contributed by atoms with van der Waals surface area (Å²) in [5.74, 6) is -0.467. The van der Waals surface area contributed by atoms with Crippen LogP contribution >= 0.6 is 0 Å². The van der Waals surface area contributed by atoms with Crippen LogP contribution in [0.3, 0.4) is 0 Å². The minimum Gasteiger partial charge on any atom is -0.497 e. The fourth-order valence-electron chi connectivity index (χ4n) is 3.72. The smallest absolute Gasteiger partial charge is 0.242 e. The molecule has 164 valence electrons. The lowest BCUT2D eigenvalue weighted by atomic mass is 10.1. The lowest BCUT2D eigenvalue weighted by Crippen LogP contribution is -2.16. The van der Waals surface area contributed by atoms with Gasteiger partial charge < -0.3 is 19.8 Å². The number of alkyl halides is 2. The third-order valence-corrected chi connectivity index (χ3v) is 5.55. The van der Waals surface area contributed by atoms with Crippen LogP contribution in [0.4, 0.5) is 20.3 Å². The predicted molar refractivity (Wildman–Crippen MR) is 115 cm³/mol. The molecule has 0 radical (unpaired) electrons. The Bertz CT molecular complexity index is 1340. The molecule has 1 amide bonds. The van der Waals surface area contributed by atoms with Crippen molar-refractivity contribution in [3.63, 3.8) is 0 Å². The highest BCUT2D eigenvalue weighted by Gasteiger charge is 2.48. The summed E-state index contributed by atoms with van der Waals surface area (Å²) in [5.41, 5.74) is 2.73. The van der Waals surface area contributed by atoms with E-state index in [1.807, 2.05) is 0 Å². The molecule has 10 heteroatoms. The number of carbonyl (C=O) groups is 1. The van der Waals surface area contributed by atoms with Crippen LogP contribution in [0.15, 0.2) is 41.1 Å². The quantitative estimate of drug-likeness (QED) is 0.461. The molecule has 1 aliphatic carbocycles. The number of hydrogen-bond donors (Lipinski definition) is 2. The Morgan fingerprint density at radius 1 is 1.25 bits per heavy atom. The van der Waals surface area contributed by atoms with E-state index < -0.39 is 24.2 Å². The van der Waals surface area contributed by atoms with E-state index in [0.29, 0.717) is 50.7 Å². The molecular formula is C22H19F2N5O3. The van der Waals surface area contributed by atoms with Crippen molar-refractivity contribution in [1.82, 2.24) is 15.0 Å². The molecule has 1 aliphatic rings. The van der Waals surface area contributed by atoms with Crippen molar-refractivity contribution in [3.8, 4) is 17.2 Å². The first-order valence-electron chi connectivity index (χ1n) is 9.99. The normalized spacial score (nSPS) is 17.7. The van der Waals surface area contributed by atoms with Crippen LogP contribution in [-0.2, 0) is 4.79 Å². The number of aromatic nitrogens is 3. The van der Waals surface area contributed by atoms with Gasteiger partial charge in [0.15, 0.2) is 11.4 Å². The van der Waals surface area contributed by atoms with E-state index in [1.165, 1.54) is 6.20 Å². The Kier molecular flexibility index (Phi) is 4.84. The highest BCUT2D eigenvalue weighted by molar-refractivity contribution is 6.02. The Morgan fingerprint density at radius 3 is 2.81 bits per heavy atom. The highest BCUT2D eigenvalue weighted by Crippen LogP contribution is 2.44. The summed E-state index contributed by atoms with van der Waals surface area (Å²) in [7, 11) is 3.30. The topological polar surface area (TPSA) is 102 Å². The monoisotopic (exact) mass is 439 g/mol. The van der Waals surface area contributed by atoms with Crippen molar-refractivity contribution in [2.75, 3.05) is 24.8 Å². The third-order valence-electron chi connectivity index (χ3n) is 5.55.